The predicted molar refractivity (Wildman–Crippen MR) is 47.5 cm³/mol. The van der Waals surface area contributed by atoms with Gasteiger partial charge in [0.2, 0.25) is 0 Å². The van der Waals surface area contributed by atoms with E-state index in [1.165, 1.54) is 5.56 Å². The van der Waals surface area contributed by atoms with Crippen molar-refractivity contribution in [2.24, 2.45) is 0 Å². The fourth-order valence-corrected chi connectivity index (χ4v) is 1.02. The minimum Gasteiger partial charge on any atom is -0.563 e. The van der Waals surface area contributed by atoms with Crippen molar-refractivity contribution in [3.05, 3.63) is 35.9 Å². The molecule has 1 aromatic carbocycles. The average Bonchev–Trinajstić information content (AvgIpc) is 2.03. The summed E-state index contributed by atoms with van der Waals surface area (Å²) in [5, 5.41) is 0. The zero-order chi connectivity index (χ0) is 11.0. The minimum absolute atomic E-state index is 0. The van der Waals surface area contributed by atoms with Gasteiger partial charge in [0.1, 0.15) is 4.31 Å². The van der Waals surface area contributed by atoms with Gasteiger partial charge in [0.05, 0.1) is 0 Å². The Kier molecular flexibility index (Phi) is 12.6. The third-order valence-electron chi connectivity index (χ3n) is 1.07. The first-order chi connectivity index (χ1) is 6.52. The third-order valence-corrected chi connectivity index (χ3v) is 2.14. The van der Waals surface area contributed by atoms with E-state index >= 15 is 0 Å². The van der Waals surface area contributed by atoms with Gasteiger partial charge in [-0.15, -0.1) is 0 Å². The van der Waals surface area contributed by atoms with Gasteiger partial charge in [-0.1, -0.05) is 35.9 Å². The molecule has 76 valence electrons. The van der Waals surface area contributed by atoms with Gasteiger partial charge in [-0.05, 0) is 16.1 Å². The summed E-state index contributed by atoms with van der Waals surface area (Å²) >= 11 is 0. The van der Waals surface area contributed by atoms with Gasteiger partial charge < -0.3 is 9.79 Å². The summed E-state index contributed by atoms with van der Waals surface area (Å²) in [7, 11) is -6.47. The second kappa shape index (κ2) is 10.7. The van der Waals surface area contributed by atoms with Crippen molar-refractivity contribution in [3.8, 4) is 0 Å². The molecule has 0 N–H and O–H groups in total. The van der Waals surface area contributed by atoms with Crippen molar-refractivity contribution < 1.29 is 50.5 Å². The molecule has 0 radical (unpaired) electrons. The van der Waals surface area contributed by atoms with Crippen molar-refractivity contribution in [1.82, 2.24) is 0 Å². The molecule has 0 bridgehead atoms. The molecular weight excluding hydrogens is 338 g/mol. The van der Waals surface area contributed by atoms with E-state index in [1.807, 2.05) is 18.2 Å². The summed E-state index contributed by atoms with van der Waals surface area (Å²) in [5.41, 5.74) is 1.32. The molecule has 0 aliphatic rings. The first-order valence-corrected chi connectivity index (χ1v) is 5.70. The Hall–Kier alpha value is 0.222. The van der Waals surface area contributed by atoms with Gasteiger partial charge in [0.25, 0.3) is 0 Å². The first kappa shape index (κ1) is 17.6. The van der Waals surface area contributed by atoms with E-state index in [2.05, 4.69) is 23.4 Å². The standard InChI is InChI=1S/C7H8.Cd.O5P2/c1-7-5-3-2-4-6-7;;1-6(2)5-7(3)4/h2-6H,1H3;;/q;+2;. The molecule has 0 saturated heterocycles. The topological polar surface area (TPSA) is 89.5 Å². The number of aryl methyl sites for hydroxylation is 1. The molecule has 2 unspecified atom stereocenters. The first-order valence-electron chi connectivity index (χ1n) is 3.51. The maximum atomic E-state index is 9.24. The zero-order valence-corrected chi connectivity index (χ0v) is 13.9. The summed E-state index contributed by atoms with van der Waals surface area (Å²) in [6.45, 7) is 2.08. The van der Waals surface area contributed by atoms with Gasteiger partial charge in [0, 0.05) is 0 Å². The summed E-state index contributed by atoms with van der Waals surface area (Å²) < 4.78 is 21.6. The van der Waals surface area contributed by atoms with Crippen LogP contribution >= 0.6 is 16.5 Å². The molecule has 1 rings (SSSR count). The summed E-state index contributed by atoms with van der Waals surface area (Å²) in [4.78, 5) is 18.5. The van der Waals surface area contributed by atoms with Crippen LogP contribution in [0.25, 0.3) is 0 Å². The van der Waals surface area contributed by atoms with E-state index in [4.69, 9.17) is 0 Å². The van der Waals surface area contributed by atoms with Crippen molar-refractivity contribution >= 4 is 16.5 Å². The normalized spacial score (nSPS) is 10.3. The Morgan fingerprint density at radius 1 is 1.07 bits per heavy atom. The van der Waals surface area contributed by atoms with Gasteiger partial charge in [-0.3, -0.25) is 0 Å². The van der Waals surface area contributed by atoms with Crippen LogP contribution in [0.2, 0.25) is 0 Å². The van der Waals surface area contributed by atoms with E-state index in [0.29, 0.717) is 0 Å². The van der Waals surface area contributed by atoms with Crippen molar-refractivity contribution in [2.75, 3.05) is 0 Å². The van der Waals surface area contributed by atoms with Crippen LogP contribution < -0.4 is 9.79 Å². The molecule has 0 fully saturated rings. The number of rotatable bonds is 2. The largest absolute Gasteiger partial charge is 2.00 e. The fourth-order valence-electron chi connectivity index (χ4n) is 0.589. The maximum absolute atomic E-state index is 9.24. The van der Waals surface area contributed by atoms with E-state index in [-0.39, 0.29) is 27.3 Å². The number of hydrogen-bond acceptors (Lipinski definition) is 5. The molecule has 1 aromatic rings. The van der Waals surface area contributed by atoms with Crippen molar-refractivity contribution in [2.45, 2.75) is 6.92 Å². The van der Waals surface area contributed by atoms with Gasteiger partial charge >= 0.3 is 43.8 Å². The molecule has 15 heavy (non-hydrogen) atoms. The van der Waals surface area contributed by atoms with Crippen LogP contribution in [0.3, 0.4) is 0 Å². The Labute approximate surface area is 110 Å². The molecule has 0 aliphatic heterocycles. The molecule has 0 aromatic heterocycles. The smallest absolute Gasteiger partial charge is 0.563 e. The predicted octanol–water partition coefficient (Wildman–Crippen LogP) is 1.03. The Balaban J connectivity index is 0. The summed E-state index contributed by atoms with van der Waals surface area (Å²) in [5.74, 6) is 0. The number of hydrogen-bond donors (Lipinski definition) is 0. The van der Waals surface area contributed by atoms with Crippen LogP contribution in [0.1, 0.15) is 5.56 Å². The third kappa shape index (κ3) is 14.2. The van der Waals surface area contributed by atoms with E-state index in [0.717, 1.165) is 0 Å². The quantitative estimate of drug-likeness (QED) is 0.589. The van der Waals surface area contributed by atoms with E-state index < -0.39 is 16.5 Å². The maximum Gasteiger partial charge on any atom is 2.00 e. The summed E-state index contributed by atoms with van der Waals surface area (Å²) in [6.07, 6.45) is 0. The molecular formula is C7H8CdO5P2+2. The minimum atomic E-state index is -3.24. The molecule has 2 atom stereocenters. The second-order valence-electron chi connectivity index (χ2n) is 2.18. The second-order valence-corrected chi connectivity index (χ2v) is 3.73. The van der Waals surface area contributed by atoms with Gasteiger partial charge in [-0.25, -0.2) is 0 Å². The Morgan fingerprint density at radius 2 is 1.47 bits per heavy atom. The van der Waals surface area contributed by atoms with Crippen LogP contribution in [0.4, 0.5) is 0 Å². The summed E-state index contributed by atoms with van der Waals surface area (Å²) in [6, 6.07) is 10.3. The van der Waals surface area contributed by atoms with Crippen LogP contribution in [-0.4, -0.2) is 0 Å². The van der Waals surface area contributed by atoms with Crippen LogP contribution in [0.5, 0.6) is 0 Å². The van der Waals surface area contributed by atoms with Crippen LogP contribution in [0.15, 0.2) is 30.3 Å². The Morgan fingerprint density at radius 3 is 1.60 bits per heavy atom. The molecule has 0 amide bonds. The fraction of sp³-hybridized carbons (Fsp3) is 0.143. The molecule has 0 saturated carbocycles. The van der Waals surface area contributed by atoms with Crippen LogP contribution in [-0.2, 0) is 40.7 Å². The monoisotopic (exact) mass is 348 g/mol. The molecule has 5 nitrogen and oxygen atoms in total. The van der Waals surface area contributed by atoms with Gasteiger partial charge in [0.15, 0.2) is 0 Å². The Bertz CT molecular complexity index is 294. The molecule has 8 heteroatoms. The molecule has 0 aliphatic carbocycles. The number of benzene rings is 1. The molecule has 0 spiro atoms. The van der Waals surface area contributed by atoms with Crippen molar-refractivity contribution in [1.29, 1.82) is 0 Å². The van der Waals surface area contributed by atoms with Crippen LogP contribution in [0, 0.1) is 6.92 Å². The zero-order valence-electron chi connectivity index (χ0n) is 8.03. The van der Waals surface area contributed by atoms with E-state index in [9.17, 15) is 18.9 Å². The molecule has 0 heterocycles. The van der Waals surface area contributed by atoms with Crippen molar-refractivity contribution in [3.63, 3.8) is 0 Å². The average molecular weight is 346 g/mol. The van der Waals surface area contributed by atoms with E-state index in [1.54, 1.807) is 0 Å². The van der Waals surface area contributed by atoms with Gasteiger partial charge in [-0.2, -0.15) is 0 Å². The SMILES string of the molecule is Cc1ccccc1.O=[P+]([O-])O[P+](=O)[O-].[Cd+2].